The Kier molecular flexibility index (Phi) is 4.50. The Balaban J connectivity index is 1.06. The lowest BCUT2D eigenvalue weighted by atomic mass is 10.1. The van der Waals surface area contributed by atoms with Crippen molar-refractivity contribution in [2.45, 2.75) is 12.5 Å². The molecule has 4 heterocycles. The Hall–Kier alpha value is -3.99. The normalized spacial score (nSPS) is 21.5. The monoisotopic (exact) mass is 446 g/mol. The minimum atomic E-state index is -0.901. The summed E-state index contributed by atoms with van der Waals surface area (Å²) in [5.74, 6) is 2.39. The molecule has 1 saturated carbocycles. The molecule has 11 heteroatoms. The first kappa shape index (κ1) is 19.7. The number of piperidine rings is 1. The maximum atomic E-state index is 11.0. The number of benzene rings is 1. The molecule has 4 N–H and O–H groups in total. The Bertz CT molecular complexity index is 1310. The number of aromatic nitrogens is 5. The lowest BCUT2D eigenvalue weighted by molar-refractivity contribution is 0.0697. The molecule has 1 aliphatic carbocycles. The number of rotatable bonds is 7. The highest BCUT2D eigenvalue weighted by molar-refractivity contribution is 5.87. The summed E-state index contributed by atoms with van der Waals surface area (Å²) in [7, 11) is 0. The van der Waals surface area contributed by atoms with Gasteiger partial charge in [0.05, 0.1) is 11.8 Å². The molecule has 11 nitrogen and oxygen atoms in total. The van der Waals surface area contributed by atoms with E-state index in [0.717, 1.165) is 31.6 Å². The Labute approximate surface area is 188 Å². The third kappa shape index (κ3) is 3.55. The van der Waals surface area contributed by atoms with Gasteiger partial charge in [-0.15, -0.1) is 5.10 Å². The number of nitrogens with zero attached hydrogens (tertiary/aromatic N) is 6. The van der Waals surface area contributed by atoms with E-state index in [1.165, 1.54) is 4.52 Å². The van der Waals surface area contributed by atoms with E-state index in [-0.39, 0.29) is 5.95 Å². The predicted octanol–water partition coefficient (Wildman–Crippen LogP) is 1.33. The average Bonchev–Trinajstić information content (AvgIpc) is 3.33. The molecule has 4 aromatic rings. The molecule has 3 aromatic heterocycles. The van der Waals surface area contributed by atoms with E-state index in [9.17, 15) is 4.79 Å². The van der Waals surface area contributed by atoms with Crippen LogP contribution in [0.5, 0.6) is 0 Å². The zero-order chi connectivity index (χ0) is 22.5. The molecule has 0 spiro atoms. The van der Waals surface area contributed by atoms with Gasteiger partial charge in [0.2, 0.25) is 17.7 Å². The van der Waals surface area contributed by atoms with Crippen LogP contribution in [0.4, 0.5) is 11.9 Å². The third-order valence-electron chi connectivity index (χ3n) is 6.43. The zero-order valence-corrected chi connectivity index (χ0v) is 17.6. The lowest BCUT2D eigenvalue weighted by Crippen LogP contribution is -2.33. The molecule has 0 amide bonds. The van der Waals surface area contributed by atoms with Gasteiger partial charge in [-0.3, -0.25) is 0 Å². The van der Waals surface area contributed by atoms with Crippen LogP contribution in [0.1, 0.15) is 15.9 Å². The summed E-state index contributed by atoms with van der Waals surface area (Å²) in [5.41, 5.74) is 7.56. The van der Waals surface area contributed by atoms with E-state index in [1.54, 1.807) is 30.5 Å². The van der Waals surface area contributed by atoms with Crippen molar-refractivity contribution in [2.75, 3.05) is 30.3 Å². The molecule has 2 aliphatic rings. The fraction of sp³-hybridized carbons (Fsp3) is 0.318. The van der Waals surface area contributed by atoms with Crippen LogP contribution < -0.4 is 16.0 Å². The van der Waals surface area contributed by atoms with Crippen LogP contribution in [0.25, 0.3) is 17.4 Å². The largest absolute Gasteiger partial charge is 0.478 e. The number of nitrogen functional groups attached to an aromatic ring is 1. The van der Waals surface area contributed by atoms with Gasteiger partial charge in [-0.2, -0.15) is 19.5 Å². The highest BCUT2D eigenvalue weighted by Crippen LogP contribution is 2.46. The number of nitrogens with one attached hydrogen (secondary N) is 1. The van der Waals surface area contributed by atoms with Gasteiger partial charge in [-0.25, -0.2) is 4.79 Å². The lowest BCUT2D eigenvalue weighted by Gasteiger charge is -2.20. The van der Waals surface area contributed by atoms with Crippen LogP contribution in [0.15, 0.2) is 47.1 Å². The van der Waals surface area contributed by atoms with Crippen molar-refractivity contribution in [3.8, 4) is 11.6 Å². The number of aromatic carboxylic acids is 1. The number of hydrogen-bond acceptors (Lipinski definition) is 9. The van der Waals surface area contributed by atoms with Gasteiger partial charge < -0.3 is 25.5 Å². The highest BCUT2D eigenvalue weighted by atomic mass is 16.4. The summed E-state index contributed by atoms with van der Waals surface area (Å²) in [6.45, 7) is 2.59. The SMILES string of the molecule is Nc1nc(N2C[C@@H]3C(NCCc4ccc(C(=O)O)cc4)[C@@H]3C2)nc2nc(-c3ccco3)nn12. The van der Waals surface area contributed by atoms with E-state index in [2.05, 4.69) is 30.3 Å². The van der Waals surface area contributed by atoms with Gasteiger partial charge in [0.25, 0.3) is 5.78 Å². The number of carboxylic acids is 1. The first-order valence-electron chi connectivity index (χ1n) is 10.8. The Morgan fingerprint density at radius 2 is 1.94 bits per heavy atom. The van der Waals surface area contributed by atoms with Crippen LogP contribution in [-0.2, 0) is 6.42 Å². The maximum absolute atomic E-state index is 11.0. The summed E-state index contributed by atoms with van der Waals surface area (Å²) >= 11 is 0. The zero-order valence-electron chi connectivity index (χ0n) is 17.6. The summed E-state index contributed by atoms with van der Waals surface area (Å²) in [6.07, 6.45) is 2.43. The summed E-state index contributed by atoms with van der Waals surface area (Å²) in [4.78, 5) is 26.5. The van der Waals surface area contributed by atoms with Gasteiger partial charge >= 0.3 is 5.97 Å². The van der Waals surface area contributed by atoms with E-state index < -0.39 is 5.97 Å². The summed E-state index contributed by atoms with van der Waals surface area (Å²) in [5, 5.41) is 17.0. The Morgan fingerprint density at radius 1 is 1.15 bits per heavy atom. The fourth-order valence-electron chi connectivity index (χ4n) is 4.64. The third-order valence-corrected chi connectivity index (χ3v) is 6.43. The smallest absolute Gasteiger partial charge is 0.335 e. The molecule has 1 unspecified atom stereocenters. The van der Waals surface area contributed by atoms with Gasteiger partial charge in [0.15, 0.2) is 5.76 Å². The van der Waals surface area contributed by atoms with Crippen molar-refractivity contribution in [1.82, 2.24) is 29.9 Å². The second-order valence-electron chi connectivity index (χ2n) is 8.47. The second-order valence-corrected chi connectivity index (χ2v) is 8.47. The number of hydrogen-bond donors (Lipinski definition) is 3. The molecule has 1 aromatic carbocycles. The first-order valence-corrected chi connectivity index (χ1v) is 10.8. The topological polar surface area (TPSA) is 148 Å². The molecule has 1 aliphatic heterocycles. The van der Waals surface area contributed by atoms with E-state index in [0.29, 0.717) is 46.8 Å². The van der Waals surface area contributed by atoms with Crippen molar-refractivity contribution < 1.29 is 14.3 Å². The number of furan rings is 1. The van der Waals surface area contributed by atoms with Crippen LogP contribution in [0.2, 0.25) is 0 Å². The Morgan fingerprint density at radius 3 is 2.64 bits per heavy atom. The number of anilines is 2. The fourth-order valence-corrected chi connectivity index (χ4v) is 4.64. The van der Waals surface area contributed by atoms with Crippen LogP contribution >= 0.6 is 0 Å². The molecule has 168 valence electrons. The number of carbonyl (C=O) groups is 1. The quantitative estimate of drug-likeness (QED) is 0.380. The first-order chi connectivity index (χ1) is 16.1. The molecule has 6 rings (SSSR count). The van der Waals surface area contributed by atoms with E-state index in [1.807, 2.05) is 12.1 Å². The average molecular weight is 446 g/mol. The van der Waals surface area contributed by atoms with Crippen molar-refractivity contribution in [3.05, 3.63) is 53.8 Å². The van der Waals surface area contributed by atoms with Crippen molar-refractivity contribution in [2.24, 2.45) is 11.8 Å². The van der Waals surface area contributed by atoms with Crippen molar-refractivity contribution >= 4 is 23.6 Å². The van der Waals surface area contributed by atoms with Crippen LogP contribution in [-0.4, -0.2) is 61.3 Å². The molecule has 2 fully saturated rings. The predicted molar refractivity (Wildman–Crippen MR) is 119 cm³/mol. The number of fused-ring (bicyclic) bond motifs is 2. The molecule has 1 saturated heterocycles. The van der Waals surface area contributed by atoms with E-state index in [4.69, 9.17) is 15.3 Å². The molecule has 0 radical (unpaired) electrons. The van der Waals surface area contributed by atoms with E-state index >= 15 is 0 Å². The number of carboxylic acid groups (broad SMARTS) is 1. The van der Waals surface area contributed by atoms with Gasteiger partial charge in [-0.1, -0.05) is 12.1 Å². The molecular formula is C22H22N8O3. The minimum absolute atomic E-state index is 0.240. The van der Waals surface area contributed by atoms with Gasteiger partial charge in [0, 0.05) is 19.1 Å². The van der Waals surface area contributed by atoms with Crippen LogP contribution in [0, 0.1) is 11.8 Å². The maximum Gasteiger partial charge on any atom is 0.335 e. The summed E-state index contributed by atoms with van der Waals surface area (Å²) < 4.78 is 6.78. The molecule has 0 bridgehead atoms. The molecule has 33 heavy (non-hydrogen) atoms. The van der Waals surface area contributed by atoms with Crippen LogP contribution in [0.3, 0.4) is 0 Å². The van der Waals surface area contributed by atoms with Crippen molar-refractivity contribution in [1.29, 1.82) is 0 Å². The molecular weight excluding hydrogens is 424 g/mol. The summed E-state index contributed by atoms with van der Waals surface area (Å²) in [6, 6.07) is 11.1. The van der Waals surface area contributed by atoms with Gasteiger partial charge in [0.1, 0.15) is 0 Å². The van der Waals surface area contributed by atoms with Gasteiger partial charge in [-0.05, 0) is 54.6 Å². The second kappa shape index (κ2) is 7.55. The standard InChI is InChI=1S/C22H22N8O3/c23-20-26-21(27-22-25-18(28-30(20)22)16-2-1-9-33-16)29-10-14-15(11-29)17(14)24-8-7-12-3-5-13(6-4-12)19(31)32/h1-6,9,14-15,17,24H,7-8,10-11H2,(H,31,32)(H2,23,25,26,27,28)/t14-,15+,17?. The molecule has 3 atom stereocenters. The minimum Gasteiger partial charge on any atom is -0.478 e. The highest BCUT2D eigenvalue weighted by Gasteiger charge is 2.55. The van der Waals surface area contributed by atoms with Crippen molar-refractivity contribution in [3.63, 3.8) is 0 Å². The number of nitrogens with two attached hydrogens (primary N) is 1.